The molecule has 2 fully saturated rings. The Morgan fingerprint density at radius 2 is 1.81 bits per heavy atom. The average Bonchev–Trinajstić information content (AvgIpc) is 2.91. The molecule has 1 spiro atoms. The van der Waals surface area contributed by atoms with E-state index in [2.05, 4.69) is 0 Å². The van der Waals surface area contributed by atoms with E-state index < -0.39 is 5.97 Å². The van der Waals surface area contributed by atoms with Crippen molar-refractivity contribution < 1.29 is 19.4 Å². The first-order chi connectivity index (χ1) is 10.1. The number of carbonyl (C=O) groups is 2. The van der Waals surface area contributed by atoms with Gasteiger partial charge in [-0.05, 0) is 31.1 Å². The Bertz CT molecular complexity index is 370. The smallest absolute Gasteiger partial charge is 0.323 e. The zero-order valence-electron chi connectivity index (χ0n) is 12.8. The molecule has 0 aromatic rings. The summed E-state index contributed by atoms with van der Waals surface area (Å²) in [5.74, 6) is -0.983. The SMILES string of the molecule is COCCN(CC(=O)O)C(=O)N1CCC2(CCCC2)CC1. The van der Waals surface area contributed by atoms with E-state index in [1.54, 1.807) is 7.11 Å². The Hall–Kier alpha value is -1.30. The lowest BCUT2D eigenvalue weighted by molar-refractivity contribution is -0.137. The van der Waals surface area contributed by atoms with E-state index >= 15 is 0 Å². The minimum Gasteiger partial charge on any atom is -0.480 e. The first kappa shape index (κ1) is 16.1. The number of hydrogen-bond donors (Lipinski definition) is 1. The Morgan fingerprint density at radius 3 is 2.33 bits per heavy atom. The maximum atomic E-state index is 12.5. The molecular weight excluding hydrogens is 272 g/mol. The first-order valence-corrected chi connectivity index (χ1v) is 7.81. The van der Waals surface area contributed by atoms with Gasteiger partial charge in [-0.1, -0.05) is 12.8 Å². The molecule has 0 aromatic carbocycles. The lowest BCUT2D eigenvalue weighted by Crippen LogP contribution is -2.50. The van der Waals surface area contributed by atoms with Crippen molar-refractivity contribution in [3.8, 4) is 0 Å². The lowest BCUT2D eigenvalue weighted by atomic mass is 9.77. The molecule has 0 radical (unpaired) electrons. The molecule has 2 rings (SSSR count). The van der Waals surface area contributed by atoms with Crippen LogP contribution in [0.4, 0.5) is 4.79 Å². The number of carboxylic acid groups (broad SMARTS) is 1. The third-order valence-corrected chi connectivity index (χ3v) is 4.92. The number of likely N-dealkylation sites (tertiary alicyclic amines) is 1. The second kappa shape index (κ2) is 7.11. The van der Waals surface area contributed by atoms with Gasteiger partial charge in [-0.3, -0.25) is 4.79 Å². The zero-order valence-corrected chi connectivity index (χ0v) is 12.8. The molecule has 1 N–H and O–H groups in total. The molecule has 0 aromatic heterocycles. The number of methoxy groups -OCH3 is 1. The second-order valence-corrected chi connectivity index (χ2v) is 6.28. The summed E-state index contributed by atoms with van der Waals surface area (Å²) in [5, 5.41) is 8.94. The van der Waals surface area contributed by atoms with Crippen LogP contribution in [0.25, 0.3) is 0 Å². The van der Waals surface area contributed by atoms with Gasteiger partial charge in [0.05, 0.1) is 6.61 Å². The van der Waals surface area contributed by atoms with Crippen molar-refractivity contribution in [1.29, 1.82) is 0 Å². The third kappa shape index (κ3) is 4.09. The molecule has 120 valence electrons. The fraction of sp³-hybridized carbons (Fsp3) is 0.867. The summed E-state index contributed by atoms with van der Waals surface area (Å²) in [6.07, 6.45) is 7.32. The van der Waals surface area contributed by atoms with Crippen molar-refractivity contribution in [2.45, 2.75) is 38.5 Å². The highest BCUT2D eigenvalue weighted by Gasteiger charge is 2.38. The predicted octanol–water partition coefficient (Wildman–Crippen LogP) is 1.80. The maximum absolute atomic E-state index is 12.5. The van der Waals surface area contributed by atoms with Crippen LogP contribution < -0.4 is 0 Å². The van der Waals surface area contributed by atoms with E-state index in [0.717, 1.165) is 25.9 Å². The van der Waals surface area contributed by atoms with Gasteiger partial charge in [-0.15, -0.1) is 0 Å². The van der Waals surface area contributed by atoms with Gasteiger partial charge in [-0.2, -0.15) is 0 Å². The summed E-state index contributed by atoms with van der Waals surface area (Å²) in [6, 6.07) is -0.165. The maximum Gasteiger partial charge on any atom is 0.323 e. The molecule has 2 amide bonds. The van der Waals surface area contributed by atoms with E-state index in [0.29, 0.717) is 18.6 Å². The van der Waals surface area contributed by atoms with E-state index in [4.69, 9.17) is 9.84 Å². The van der Waals surface area contributed by atoms with Crippen LogP contribution >= 0.6 is 0 Å². The normalized spacial score (nSPS) is 20.7. The minimum absolute atomic E-state index is 0.165. The van der Waals surface area contributed by atoms with Gasteiger partial charge in [0.15, 0.2) is 0 Å². The van der Waals surface area contributed by atoms with Crippen molar-refractivity contribution >= 4 is 12.0 Å². The van der Waals surface area contributed by atoms with Crippen molar-refractivity contribution in [3.05, 3.63) is 0 Å². The van der Waals surface area contributed by atoms with E-state index in [1.165, 1.54) is 30.6 Å². The molecule has 0 bridgehead atoms. The summed E-state index contributed by atoms with van der Waals surface area (Å²) < 4.78 is 4.96. The molecule has 21 heavy (non-hydrogen) atoms. The van der Waals surface area contributed by atoms with E-state index in [-0.39, 0.29) is 12.6 Å². The van der Waals surface area contributed by atoms with Crippen molar-refractivity contribution in [3.63, 3.8) is 0 Å². The molecule has 1 aliphatic heterocycles. The molecule has 0 unspecified atom stereocenters. The minimum atomic E-state index is -0.983. The van der Waals surface area contributed by atoms with E-state index in [1.807, 2.05) is 4.90 Å². The molecule has 2 aliphatic rings. The van der Waals surface area contributed by atoms with Gasteiger partial charge < -0.3 is 19.6 Å². The van der Waals surface area contributed by atoms with Crippen LogP contribution in [0.2, 0.25) is 0 Å². The van der Waals surface area contributed by atoms with Crippen LogP contribution in [0, 0.1) is 5.41 Å². The standard InChI is InChI=1S/C15H26N2O4/c1-21-11-10-17(12-13(18)19)14(20)16-8-6-15(7-9-16)4-2-3-5-15/h2-12H2,1H3,(H,18,19). The number of carbonyl (C=O) groups excluding carboxylic acids is 1. The number of amides is 2. The predicted molar refractivity (Wildman–Crippen MR) is 78.2 cm³/mol. The first-order valence-electron chi connectivity index (χ1n) is 7.81. The summed E-state index contributed by atoms with van der Waals surface area (Å²) in [7, 11) is 1.55. The van der Waals surface area contributed by atoms with Gasteiger partial charge >= 0.3 is 12.0 Å². The van der Waals surface area contributed by atoms with Crippen molar-refractivity contribution in [2.75, 3.05) is 39.9 Å². The Labute approximate surface area is 126 Å². The number of hydrogen-bond acceptors (Lipinski definition) is 3. The molecule has 0 atom stereocenters. The molecular formula is C15H26N2O4. The summed E-state index contributed by atoms with van der Waals surface area (Å²) in [5.41, 5.74) is 0.459. The van der Waals surface area contributed by atoms with Gasteiger partial charge in [0.2, 0.25) is 0 Å². The number of piperidine rings is 1. The average molecular weight is 298 g/mol. The highest BCUT2D eigenvalue weighted by Crippen LogP contribution is 2.46. The van der Waals surface area contributed by atoms with Crippen LogP contribution in [0.15, 0.2) is 0 Å². The molecule has 6 nitrogen and oxygen atoms in total. The van der Waals surface area contributed by atoms with Crippen molar-refractivity contribution in [2.24, 2.45) is 5.41 Å². The van der Waals surface area contributed by atoms with Gasteiger partial charge in [0.25, 0.3) is 0 Å². The summed E-state index contributed by atoms with van der Waals surface area (Å²) in [6.45, 7) is 1.92. The highest BCUT2D eigenvalue weighted by atomic mass is 16.5. The largest absolute Gasteiger partial charge is 0.480 e. The molecule has 1 saturated heterocycles. The number of ether oxygens (including phenoxy) is 1. The van der Waals surface area contributed by atoms with Crippen LogP contribution in [0.3, 0.4) is 0 Å². The number of nitrogens with zero attached hydrogens (tertiary/aromatic N) is 2. The quantitative estimate of drug-likeness (QED) is 0.840. The summed E-state index contributed by atoms with van der Waals surface area (Å²) >= 11 is 0. The molecule has 1 saturated carbocycles. The zero-order chi connectivity index (χ0) is 15.3. The second-order valence-electron chi connectivity index (χ2n) is 6.28. The van der Waals surface area contributed by atoms with Crippen LogP contribution in [0.1, 0.15) is 38.5 Å². The Kier molecular flexibility index (Phi) is 5.45. The van der Waals surface area contributed by atoms with Gasteiger partial charge in [-0.25, -0.2) is 4.79 Å². The number of aliphatic carboxylic acids is 1. The van der Waals surface area contributed by atoms with Crippen LogP contribution in [-0.2, 0) is 9.53 Å². The Morgan fingerprint density at radius 1 is 1.19 bits per heavy atom. The van der Waals surface area contributed by atoms with Crippen LogP contribution in [-0.4, -0.2) is 66.8 Å². The molecule has 1 heterocycles. The van der Waals surface area contributed by atoms with Gasteiger partial charge in [0.1, 0.15) is 6.54 Å². The van der Waals surface area contributed by atoms with Gasteiger partial charge in [0, 0.05) is 26.7 Å². The fourth-order valence-electron chi connectivity index (χ4n) is 3.60. The van der Waals surface area contributed by atoms with E-state index in [9.17, 15) is 9.59 Å². The number of carboxylic acids is 1. The van der Waals surface area contributed by atoms with Crippen LogP contribution in [0.5, 0.6) is 0 Å². The molecule has 6 heteroatoms. The Balaban J connectivity index is 1.89. The highest BCUT2D eigenvalue weighted by molar-refractivity contribution is 5.80. The topological polar surface area (TPSA) is 70.1 Å². The third-order valence-electron chi connectivity index (χ3n) is 4.92. The monoisotopic (exact) mass is 298 g/mol. The van der Waals surface area contributed by atoms with Crippen molar-refractivity contribution in [1.82, 2.24) is 9.80 Å². The number of urea groups is 1. The fourth-order valence-corrected chi connectivity index (χ4v) is 3.60. The molecule has 1 aliphatic carbocycles. The lowest BCUT2D eigenvalue weighted by Gasteiger charge is -2.41. The number of rotatable bonds is 5. The summed E-state index contributed by atoms with van der Waals surface area (Å²) in [4.78, 5) is 26.6.